The molecular formula is C14H22N2O3. The molecular weight excluding hydrogens is 244 g/mol. The number of morpholine rings is 1. The summed E-state index contributed by atoms with van der Waals surface area (Å²) in [5.41, 5.74) is -0.278. The molecule has 1 aliphatic heterocycles. The summed E-state index contributed by atoms with van der Waals surface area (Å²) in [5, 5.41) is 2.95. The molecule has 1 saturated heterocycles. The predicted molar refractivity (Wildman–Crippen MR) is 72.0 cm³/mol. The molecule has 5 nitrogen and oxygen atoms in total. The lowest BCUT2D eigenvalue weighted by molar-refractivity contribution is -0.0735. The van der Waals surface area contributed by atoms with Crippen molar-refractivity contribution < 1.29 is 13.9 Å². The maximum Gasteiger partial charge on any atom is 0.318 e. The second-order valence-electron chi connectivity index (χ2n) is 5.65. The van der Waals surface area contributed by atoms with Gasteiger partial charge in [-0.15, -0.1) is 0 Å². The number of aryl methyl sites for hydroxylation is 1. The van der Waals surface area contributed by atoms with Crippen molar-refractivity contribution in [3.05, 3.63) is 23.7 Å². The number of ether oxygens (including phenoxy) is 1. The van der Waals surface area contributed by atoms with Crippen LogP contribution in [0.5, 0.6) is 0 Å². The highest BCUT2D eigenvalue weighted by atomic mass is 16.5. The van der Waals surface area contributed by atoms with Crippen LogP contribution in [-0.4, -0.2) is 36.2 Å². The quantitative estimate of drug-likeness (QED) is 0.894. The van der Waals surface area contributed by atoms with Gasteiger partial charge in [-0.05, 0) is 39.8 Å². The van der Waals surface area contributed by atoms with Crippen molar-refractivity contribution in [3.8, 4) is 0 Å². The third kappa shape index (κ3) is 3.50. The van der Waals surface area contributed by atoms with Gasteiger partial charge in [0, 0.05) is 6.54 Å². The van der Waals surface area contributed by atoms with Gasteiger partial charge in [-0.3, -0.25) is 0 Å². The number of carbonyl (C=O) groups excluding carboxylic acids is 1. The summed E-state index contributed by atoms with van der Waals surface area (Å²) in [6.07, 6.45) is 0. The molecule has 0 bridgehead atoms. The highest BCUT2D eigenvalue weighted by Gasteiger charge is 2.30. The number of nitrogens with zero attached hydrogens (tertiary/aromatic N) is 1. The van der Waals surface area contributed by atoms with E-state index in [0.717, 1.165) is 11.5 Å². The lowest BCUT2D eigenvalue weighted by Crippen LogP contribution is -2.53. The van der Waals surface area contributed by atoms with Crippen molar-refractivity contribution in [2.45, 2.75) is 39.3 Å². The van der Waals surface area contributed by atoms with Crippen LogP contribution in [-0.2, 0) is 4.74 Å². The molecule has 1 N–H and O–H groups in total. The molecule has 1 fully saturated rings. The van der Waals surface area contributed by atoms with Gasteiger partial charge in [-0.2, -0.15) is 0 Å². The van der Waals surface area contributed by atoms with Crippen LogP contribution in [0.2, 0.25) is 0 Å². The average Bonchev–Trinajstić information content (AvgIpc) is 2.74. The molecule has 0 radical (unpaired) electrons. The van der Waals surface area contributed by atoms with Crippen molar-refractivity contribution >= 4 is 6.03 Å². The molecule has 1 aromatic rings. The van der Waals surface area contributed by atoms with Crippen molar-refractivity contribution in [2.75, 3.05) is 19.7 Å². The van der Waals surface area contributed by atoms with Crippen LogP contribution in [0.4, 0.5) is 4.79 Å². The first-order valence-corrected chi connectivity index (χ1v) is 6.63. The molecule has 5 heteroatoms. The van der Waals surface area contributed by atoms with Gasteiger partial charge >= 0.3 is 6.03 Å². The van der Waals surface area contributed by atoms with Crippen LogP contribution in [0.3, 0.4) is 0 Å². The monoisotopic (exact) mass is 266 g/mol. The van der Waals surface area contributed by atoms with Crippen molar-refractivity contribution in [2.24, 2.45) is 0 Å². The lowest BCUT2D eigenvalue weighted by Gasteiger charge is -2.38. The Balaban J connectivity index is 1.93. The van der Waals surface area contributed by atoms with Crippen LogP contribution < -0.4 is 5.32 Å². The number of urea groups is 1. The Labute approximate surface area is 113 Å². The van der Waals surface area contributed by atoms with Gasteiger partial charge in [-0.1, -0.05) is 0 Å². The molecule has 1 atom stereocenters. The molecule has 0 saturated carbocycles. The molecule has 2 amide bonds. The Kier molecular flexibility index (Phi) is 3.85. The van der Waals surface area contributed by atoms with E-state index in [1.54, 1.807) is 4.90 Å². The molecule has 0 aromatic carbocycles. The van der Waals surface area contributed by atoms with E-state index in [9.17, 15) is 4.79 Å². The van der Waals surface area contributed by atoms with E-state index in [4.69, 9.17) is 9.15 Å². The zero-order chi connectivity index (χ0) is 14.0. The topological polar surface area (TPSA) is 54.7 Å². The SMILES string of the molecule is Cc1ccc(C(C)NC(=O)N2CCOC(C)(C)C2)o1. The zero-order valence-electron chi connectivity index (χ0n) is 12.0. The Bertz CT molecular complexity index is 453. The second kappa shape index (κ2) is 5.25. The fourth-order valence-corrected chi connectivity index (χ4v) is 2.22. The zero-order valence-corrected chi connectivity index (χ0v) is 12.0. The van der Waals surface area contributed by atoms with Crippen LogP contribution in [0.15, 0.2) is 16.5 Å². The number of nitrogens with one attached hydrogen (secondary N) is 1. The molecule has 0 aliphatic carbocycles. The van der Waals surface area contributed by atoms with Crippen molar-refractivity contribution in [1.29, 1.82) is 0 Å². The van der Waals surface area contributed by atoms with Gasteiger partial charge in [0.1, 0.15) is 11.5 Å². The van der Waals surface area contributed by atoms with Crippen molar-refractivity contribution in [3.63, 3.8) is 0 Å². The normalized spacial score (nSPS) is 20.1. The first kappa shape index (κ1) is 13.9. The van der Waals surface area contributed by atoms with Gasteiger partial charge in [0.25, 0.3) is 0 Å². The fraction of sp³-hybridized carbons (Fsp3) is 0.643. The molecule has 1 unspecified atom stereocenters. The summed E-state index contributed by atoms with van der Waals surface area (Å²) >= 11 is 0. The second-order valence-corrected chi connectivity index (χ2v) is 5.65. The minimum atomic E-state index is -0.278. The van der Waals surface area contributed by atoms with E-state index < -0.39 is 0 Å². The molecule has 0 spiro atoms. The number of furan rings is 1. The third-order valence-corrected chi connectivity index (χ3v) is 3.24. The highest BCUT2D eigenvalue weighted by molar-refractivity contribution is 5.74. The fourth-order valence-electron chi connectivity index (χ4n) is 2.22. The molecule has 2 rings (SSSR count). The Morgan fingerprint density at radius 1 is 1.47 bits per heavy atom. The summed E-state index contributed by atoms with van der Waals surface area (Å²) in [6.45, 7) is 9.60. The molecule has 1 aromatic heterocycles. The molecule has 1 aliphatic rings. The highest BCUT2D eigenvalue weighted by Crippen LogP contribution is 2.19. The van der Waals surface area contributed by atoms with Gasteiger partial charge in [-0.25, -0.2) is 4.79 Å². The predicted octanol–water partition coefficient (Wildman–Crippen LogP) is 2.47. The first-order valence-electron chi connectivity index (χ1n) is 6.63. The maximum atomic E-state index is 12.2. The first-order chi connectivity index (χ1) is 8.87. The smallest absolute Gasteiger partial charge is 0.318 e. The number of hydrogen-bond donors (Lipinski definition) is 1. The largest absolute Gasteiger partial charge is 0.464 e. The van der Waals surface area contributed by atoms with E-state index >= 15 is 0 Å². The number of amides is 2. The Morgan fingerprint density at radius 2 is 2.21 bits per heavy atom. The summed E-state index contributed by atoms with van der Waals surface area (Å²) in [6, 6.07) is 3.59. The minimum absolute atomic E-state index is 0.0714. The summed E-state index contributed by atoms with van der Waals surface area (Å²) in [5.74, 6) is 1.63. The van der Waals surface area contributed by atoms with E-state index in [0.29, 0.717) is 19.7 Å². The Morgan fingerprint density at radius 3 is 2.79 bits per heavy atom. The van der Waals surface area contributed by atoms with E-state index in [2.05, 4.69) is 5.32 Å². The van der Waals surface area contributed by atoms with Crippen LogP contribution in [0, 0.1) is 6.92 Å². The van der Waals surface area contributed by atoms with E-state index in [1.165, 1.54) is 0 Å². The average molecular weight is 266 g/mol. The van der Waals surface area contributed by atoms with E-state index in [1.807, 2.05) is 39.8 Å². The number of rotatable bonds is 2. The molecule has 106 valence electrons. The van der Waals surface area contributed by atoms with Gasteiger partial charge in [0.2, 0.25) is 0 Å². The number of carbonyl (C=O) groups is 1. The van der Waals surface area contributed by atoms with Crippen molar-refractivity contribution in [1.82, 2.24) is 10.2 Å². The summed E-state index contributed by atoms with van der Waals surface area (Å²) in [7, 11) is 0. The maximum absolute atomic E-state index is 12.2. The minimum Gasteiger partial charge on any atom is -0.464 e. The number of hydrogen-bond acceptors (Lipinski definition) is 3. The van der Waals surface area contributed by atoms with Gasteiger partial charge in [0.05, 0.1) is 24.8 Å². The molecule has 2 heterocycles. The lowest BCUT2D eigenvalue weighted by atomic mass is 10.1. The summed E-state index contributed by atoms with van der Waals surface area (Å²) in [4.78, 5) is 14.0. The Hall–Kier alpha value is -1.49. The molecule has 19 heavy (non-hydrogen) atoms. The third-order valence-electron chi connectivity index (χ3n) is 3.24. The van der Waals surface area contributed by atoms with Gasteiger partial charge < -0.3 is 19.4 Å². The summed E-state index contributed by atoms with van der Waals surface area (Å²) < 4.78 is 11.1. The van der Waals surface area contributed by atoms with Gasteiger partial charge in [0.15, 0.2) is 0 Å². The standard InChI is InChI=1S/C14H22N2O3/c1-10-5-6-12(19-10)11(2)15-13(17)16-7-8-18-14(3,4)9-16/h5-6,11H,7-9H2,1-4H3,(H,15,17). The van der Waals surface area contributed by atoms with Crippen LogP contribution >= 0.6 is 0 Å². The van der Waals surface area contributed by atoms with Crippen LogP contribution in [0.25, 0.3) is 0 Å². The van der Waals surface area contributed by atoms with E-state index in [-0.39, 0.29) is 17.7 Å². The van der Waals surface area contributed by atoms with Crippen LogP contribution in [0.1, 0.15) is 38.3 Å².